The Bertz CT molecular complexity index is 1290. The summed E-state index contributed by atoms with van der Waals surface area (Å²) < 4.78 is 32.1. The van der Waals surface area contributed by atoms with E-state index < -0.39 is 22.0 Å². The van der Waals surface area contributed by atoms with E-state index in [-0.39, 0.29) is 61.0 Å². The zero-order valence-corrected chi connectivity index (χ0v) is 24.9. The molecule has 0 saturated heterocycles. The molecule has 1 aromatic heterocycles. The molecule has 0 fully saturated rings. The van der Waals surface area contributed by atoms with E-state index in [9.17, 15) is 18.3 Å². The third-order valence-electron chi connectivity index (χ3n) is 5.69. The number of hydrogen-bond acceptors (Lipinski definition) is 8. The van der Waals surface area contributed by atoms with Gasteiger partial charge in [-0.2, -0.15) is 0 Å². The zero-order valence-electron chi connectivity index (χ0n) is 22.4. The van der Waals surface area contributed by atoms with Crippen LogP contribution in [-0.2, 0) is 16.4 Å². The zero-order chi connectivity index (χ0) is 27.5. The molecule has 0 saturated carbocycles. The number of sulfonamides is 1. The van der Waals surface area contributed by atoms with Crippen LogP contribution in [0.1, 0.15) is 47.9 Å². The van der Waals surface area contributed by atoms with Gasteiger partial charge in [-0.15, -0.1) is 24.8 Å². The van der Waals surface area contributed by atoms with E-state index >= 15 is 0 Å². The minimum Gasteiger partial charge on any atom is -0.490 e. The lowest BCUT2D eigenvalue weighted by atomic mass is 10.0. The van der Waals surface area contributed by atoms with Crippen molar-refractivity contribution in [1.82, 2.24) is 15.0 Å². The summed E-state index contributed by atoms with van der Waals surface area (Å²) in [6, 6.07) is 16.7. The average Bonchev–Trinajstić information content (AvgIpc) is 2.90. The number of aromatic nitrogens is 1. The fourth-order valence-corrected chi connectivity index (χ4v) is 4.77. The maximum absolute atomic E-state index is 12.7. The highest BCUT2D eigenvalue weighted by atomic mass is 35.5. The summed E-state index contributed by atoms with van der Waals surface area (Å²) in [6.07, 6.45) is 3.31. The van der Waals surface area contributed by atoms with Gasteiger partial charge in [0.25, 0.3) is 5.91 Å². The highest BCUT2D eigenvalue weighted by Crippen LogP contribution is 2.29. The molecule has 1 heterocycles. The molecule has 0 aliphatic rings. The predicted molar refractivity (Wildman–Crippen MR) is 161 cm³/mol. The number of carbonyl (C=O) groups is 1. The second-order valence-electron chi connectivity index (χ2n) is 9.16. The summed E-state index contributed by atoms with van der Waals surface area (Å²) in [4.78, 5) is 16.7. The van der Waals surface area contributed by atoms with Gasteiger partial charge >= 0.3 is 0 Å². The number of nitrogens with one attached hydrogen (secondary N) is 2. The lowest BCUT2D eigenvalue weighted by Crippen LogP contribution is -2.33. The van der Waals surface area contributed by atoms with Crippen molar-refractivity contribution in [2.24, 2.45) is 0 Å². The van der Waals surface area contributed by atoms with Gasteiger partial charge in [0.1, 0.15) is 5.75 Å². The molecule has 1 amide bonds. The van der Waals surface area contributed by atoms with Crippen molar-refractivity contribution < 1.29 is 28.2 Å². The quantitative estimate of drug-likeness (QED) is 0.202. The summed E-state index contributed by atoms with van der Waals surface area (Å²) >= 11 is 0. The number of aliphatic hydroxyl groups is 2. The Morgan fingerprint density at radius 2 is 1.75 bits per heavy atom. The smallest absolute Gasteiger partial charge is 0.268 e. The number of rotatable bonds is 14. The number of ether oxygens (including phenoxy) is 1. The van der Waals surface area contributed by atoms with Crippen molar-refractivity contribution in [2.45, 2.75) is 38.9 Å². The topological polar surface area (TPSA) is 138 Å². The first kappa shape index (κ1) is 35.3. The van der Waals surface area contributed by atoms with Crippen LogP contribution in [0.25, 0.3) is 11.1 Å². The van der Waals surface area contributed by atoms with Crippen LogP contribution in [0, 0.1) is 0 Å². The van der Waals surface area contributed by atoms with Crippen molar-refractivity contribution >= 4 is 40.7 Å². The van der Waals surface area contributed by atoms with Gasteiger partial charge in [0.2, 0.25) is 10.0 Å². The van der Waals surface area contributed by atoms with Crippen molar-refractivity contribution in [2.75, 3.05) is 25.4 Å². The first-order chi connectivity index (χ1) is 18.2. The molecule has 0 aliphatic carbocycles. The number of amides is 1. The molecule has 40 heavy (non-hydrogen) atoms. The monoisotopic (exact) mass is 613 g/mol. The van der Waals surface area contributed by atoms with Crippen LogP contribution in [-0.4, -0.2) is 61.1 Å². The third kappa shape index (κ3) is 11.0. The molecule has 4 N–H and O–H groups in total. The van der Waals surface area contributed by atoms with Crippen LogP contribution in [0.5, 0.6) is 5.75 Å². The number of halogens is 2. The standard InChI is InChI=1S/C28H35N3O6S.2ClH/c1-20(2)37-27-17-23(10-11-25(27)28(34)31-38(35,36)16-4-15-32)22-8-6-21(7-9-22)12-14-30-19-26(33)24-5-3-13-29-18-24;;/h3,5-11,13,17-18,20,26,30,32-33H,4,12,14-16,19H2,1-2H3,(H,31,34);2*1H/t26-;;/m1../s1. The number of hydrogen-bond donors (Lipinski definition) is 4. The fourth-order valence-electron chi connectivity index (χ4n) is 3.77. The summed E-state index contributed by atoms with van der Waals surface area (Å²) in [5.41, 5.74) is 3.76. The van der Waals surface area contributed by atoms with Gasteiger partial charge in [0.05, 0.1) is 23.5 Å². The van der Waals surface area contributed by atoms with Gasteiger partial charge in [-0.05, 0) is 68.1 Å². The summed E-state index contributed by atoms with van der Waals surface area (Å²) in [6.45, 7) is 4.51. The van der Waals surface area contributed by atoms with E-state index in [4.69, 9.17) is 9.84 Å². The normalized spacial score (nSPS) is 11.7. The van der Waals surface area contributed by atoms with Gasteiger partial charge < -0.3 is 20.3 Å². The Balaban J connectivity index is 0.00000400. The van der Waals surface area contributed by atoms with Gasteiger partial charge in [0, 0.05) is 31.1 Å². The number of nitrogens with zero attached hydrogens (tertiary/aromatic N) is 1. The van der Waals surface area contributed by atoms with Gasteiger partial charge in [-0.3, -0.25) is 9.78 Å². The molecular weight excluding hydrogens is 577 g/mol. The number of pyridine rings is 1. The molecule has 0 aliphatic heterocycles. The molecule has 2 aromatic carbocycles. The molecule has 12 heteroatoms. The lowest BCUT2D eigenvalue weighted by Gasteiger charge is -2.16. The number of benzene rings is 2. The summed E-state index contributed by atoms with van der Waals surface area (Å²) in [5, 5.41) is 22.4. The van der Waals surface area contributed by atoms with E-state index in [1.54, 1.807) is 36.7 Å². The SMILES string of the molecule is CC(C)Oc1cc(-c2ccc(CCNC[C@@H](O)c3cccnc3)cc2)ccc1C(=O)NS(=O)(=O)CCCO.Cl.Cl. The van der Waals surface area contributed by atoms with E-state index in [1.165, 1.54) is 0 Å². The molecule has 3 rings (SSSR count). The van der Waals surface area contributed by atoms with Crippen LogP contribution in [0.15, 0.2) is 67.0 Å². The second-order valence-corrected chi connectivity index (χ2v) is 11.0. The third-order valence-corrected chi connectivity index (χ3v) is 7.02. The van der Waals surface area contributed by atoms with E-state index in [2.05, 4.69) is 10.3 Å². The van der Waals surface area contributed by atoms with Crippen LogP contribution < -0.4 is 14.8 Å². The number of aliphatic hydroxyl groups excluding tert-OH is 2. The van der Waals surface area contributed by atoms with E-state index in [1.807, 2.05) is 48.9 Å². The molecule has 0 radical (unpaired) electrons. The highest BCUT2D eigenvalue weighted by molar-refractivity contribution is 7.90. The molecule has 1 atom stereocenters. The van der Waals surface area contributed by atoms with Gasteiger partial charge in [-0.1, -0.05) is 36.4 Å². The second kappa shape index (κ2) is 17.2. The molecule has 3 aromatic rings. The fraction of sp³-hybridized carbons (Fsp3) is 0.357. The first-order valence-electron chi connectivity index (χ1n) is 12.5. The Labute approximate surface area is 248 Å². The summed E-state index contributed by atoms with van der Waals surface area (Å²) in [7, 11) is -3.87. The van der Waals surface area contributed by atoms with Crippen molar-refractivity contribution in [3.8, 4) is 16.9 Å². The highest BCUT2D eigenvalue weighted by Gasteiger charge is 2.20. The minimum atomic E-state index is -3.87. The first-order valence-corrected chi connectivity index (χ1v) is 14.2. The Kier molecular flexibility index (Phi) is 15.1. The molecule has 0 spiro atoms. The predicted octanol–water partition coefficient (Wildman–Crippen LogP) is 3.69. The molecular formula is C28H37Cl2N3O6S. The maximum Gasteiger partial charge on any atom is 0.268 e. The van der Waals surface area contributed by atoms with Crippen LogP contribution in [0.2, 0.25) is 0 Å². The van der Waals surface area contributed by atoms with Crippen LogP contribution >= 0.6 is 24.8 Å². The maximum atomic E-state index is 12.7. The lowest BCUT2D eigenvalue weighted by molar-refractivity contribution is 0.0975. The van der Waals surface area contributed by atoms with Crippen LogP contribution in [0.3, 0.4) is 0 Å². The van der Waals surface area contributed by atoms with Gasteiger partial charge in [0.15, 0.2) is 0 Å². The van der Waals surface area contributed by atoms with Crippen molar-refractivity contribution in [1.29, 1.82) is 0 Å². The molecule has 220 valence electrons. The largest absolute Gasteiger partial charge is 0.490 e. The van der Waals surface area contributed by atoms with Crippen molar-refractivity contribution in [3.05, 3.63) is 83.7 Å². The number of carbonyl (C=O) groups excluding carboxylic acids is 1. The Morgan fingerprint density at radius 1 is 1.05 bits per heavy atom. The molecule has 0 unspecified atom stereocenters. The molecule has 9 nitrogen and oxygen atoms in total. The van der Waals surface area contributed by atoms with E-state index in [0.29, 0.717) is 13.1 Å². The Hall–Kier alpha value is -2.73. The Morgan fingerprint density at radius 3 is 2.38 bits per heavy atom. The molecule has 0 bridgehead atoms. The van der Waals surface area contributed by atoms with Crippen molar-refractivity contribution in [3.63, 3.8) is 0 Å². The van der Waals surface area contributed by atoms with Gasteiger partial charge in [-0.25, -0.2) is 13.1 Å². The minimum absolute atomic E-state index is 0. The average molecular weight is 615 g/mol. The van der Waals surface area contributed by atoms with Crippen LogP contribution in [0.4, 0.5) is 0 Å². The van der Waals surface area contributed by atoms with E-state index in [0.717, 1.165) is 28.7 Å². The summed E-state index contributed by atoms with van der Waals surface area (Å²) in [5.74, 6) is -0.838.